The monoisotopic (exact) mass is 667 g/mol. The smallest absolute Gasteiger partial charge is 0.168 e. The topological polar surface area (TPSA) is 57.2 Å². The van der Waals surface area contributed by atoms with Crippen LogP contribution in [0.2, 0.25) is 0 Å². The van der Waals surface area contributed by atoms with Crippen LogP contribution >= 0.6 is 0 Å². The lowest BCUT2D eigenvalue weighted by Gasteiger charge is -2.32. The van der Waals surface area contributed by atoms with Gasteiger partial charge in [-0.2, -0.15) is 0 Å². The summed E-state index contributed by atoms with van der Waals surface area (Å²) < 4.78 is 0.644. The average Bonchev–Trinajstić information content (AvgIpc) is 2.94. The highest BCUT2D eigenvalue weighted by Crippen LogP contribution is 2.14. The van der Waals surface area contributed by atoms with Crippen molar-refractivity contribution in [2.24, 2.45) is 0 Å². The predicted octanol–water partition coefficient (Wildman–Crippen LogP) is 6.73. The van der Waals surface area contributed by atoms with Crippen molar-refractivity contribution in [2.75, 3.05) is 53.6 Å². The number of hydrogen-bond donors (Lipinski definition) is 1. The van der Waals surface area contributed by atoms with Crippen molar-refractivity contribution in [2.45, 2.75) is 174 Å². The Bertz CT molecular complexity index is 498. The Hall–Kier alpha value is 0.240. The average molecular weight is 669 g/mol. The number of rotatable bonds is 35. The van der Waals surface area contributed by atoms with Gasteiger partial charge in [0.1, 0.15) is 19.7 Å². The van der Waals surface area contributed by atoms with Crippen LogP contribution in [0.15, 0.2) is 0 Å². The van der Waals surface area contributed by atoms with E-state index in [1.54, 1.807) is 0 Å². The molecule has 0 aromatic carbocycles. The summed E-state index contributed by atoms with van der Waals surface area (Å²) in [7, 11) is 4.18. The number of aliphatic hydroxyl groups excluding tert-OH is 1. The summed E-state index contributed by atoms with van der Waals surface area (Å²) >= 11 is 0. The molecule has 0 aromatic heterocycles. The van der Waals surface area contributed by atoms with E-state index in [9.17, 15) is 5.11 Å². The van der Waals surface area contributed by atoms with Gasteiger partial charge in [0.2, 0.25) is 0 Å². The van der Waals surface area contributed by atoms with E-state index in [4.69, 9.17) is 19.6 Å². The standard InChI is InChI=1S/C35H74NO5.BrH/c1-5-7-9-11-13-15-17-19-21-23-25-27-31-38-40-34-35(33-36(3,4)29-30-37)41-39-32-28-26-24-22-20-18-16-14-12-10-8-6-2;/h35,37H,5-34H2,1-4H3;1H/q+1;/p-1. The number of quaternary nitrogens is 1. The van der Waals surface area contributed by atoms with Crippen molar-refractivity contribution in [1.82, 2.24) is 0 Å². The molecule has 7 heteroatoms. The summed E-state index contributed by atoms with van der Waals surface area (Å²) in [6.07, 6.45) is 31.7. The Morgan fingerprint density at radius 2 is 0.857 bits per heavy atom. The molecule has 0 aliphatic heterocycles. The van der Waals surface area contributed by atoms with Gasteiger partial charge in [-0.25, -0.2) is 19.6 Å². The zero-order valence-corrected chi connectivity index (χ0v) is 30.3. The van der Waals surface area contributed by atoms with Crippen LogP contribution in [0.1, 0.15) is 168 Å². The van der Waals surface area contributed by atoms with E-state index in [-0.39, 0.29) is 29.7 Å². The van der Waals surface area contributed by atoms with Crippen LogP contribution < -0.4 is 17.0 Å². The van der Waals surface area contributed by atoms with Crippen LogP contribution in [0.25, 0.3) is 0 Å². The third-order valence-corrected chi connectivity index (χ3v) is 8.11. The lowest BCUT2D eigenvalue weighted by atomic mass is 10.1. The quantitative estimate of drug-likeness (QED) is 0.0352. The van der Waals surface area contributed by atoms with Crippen molar-refractivity contribution >= 4 is 0 Å². The molecule has 0 radical (unpaired) electrons. The van der Waals surface area contributed by atoms with Gasteiger partial charge in [-0.1, -0.05) is 155 Å². The first kappa shape index (κ1) is 44.4. The van der Waals surface area contributed by atoms with Crippen LogP contribution in [0.5, 0.6) is 0 Å². The molecule has 0 fully saturated rings. The first-order chi connectivity index (χ1) is 20.1. The van der Waals surface area contributed by atoms with Crippen LogP contribution in [0, 0.1) is 0 Å². The predicted molar refractivity (Wildman–Crippen MR) is 174 cm³/mol. The molecule has 0 aromatic rings. The summed E-state index contributed by atoms with van der Waals surface area (Å²) in [5.74, 6) is 0. The lowest BCUT2D eigenvalue weighted by Crippen LogP contribution is -3.00. The number of aliphatic hydroxyl groups is 1. The molecule has 1 unspecified atom stereocenters. The van der Waals surface area contributed by atoms with E-state index in [1.165, 1.54) is 141 Å². The van der Waals surface area contributed by atoms with Gasteiger partial charge in [-0.05, 0) is 12.8 Å². The maximum atomic E-state index is 9.40. The normalized spacial score (nSPS) is 12.5. The Balaban J connectivity index is 0. The molecule has 0 aliphatic rings. The summed E-state index contributed by atoms with van der Waals surface area (Å²) in [6.45, 7) is 7.64. The molecule has 42 heavy (non-hydrogen) atoms. The fraction of sp³-hybridized carbons (Fsp3) is 1.00. The number of likely N-dealkylation sites (N-methyl/N-ethyl adjacent to an activating group) is 1. The van der Waals surface area contributed by atoms with Gasteiger partial charge in [-0.15, -0.1) is 0 Å². The molecule has 0 rings (SSSR count). The summed E-state index contributed by atoms with van der Waals surface area (Å²) in [5.41, 5.74) is 0. The zero-order chi connectivity index (χ0) is 30.1. The first-order valence-electron chi connectivity index (χ1n) is 18.0. The number of nitrogens with zero attached hydrogens (tertiary/aromatic N) is 1. The Kier molecular flexibility index (Phi) is 37.7. The number of halogens is 1. The van der Waals surface area contributed by atoms with E-state index in [0.717, 1.165) is 12.8 Å². The van der Waals surface area contributed by atoms with Crippen molar-refractivity contribution in [3.63, 3.8) is 0 Å². The number of unbranched alkanes of at least 4 members (excludes halogenated alkanes) is 22. The van der Waals surface area contributed by atoms with E-state index >= 15 is 0 Å². The molecule has 0 aliphatic carbocycles. The van der Waals surface area contributed by atoms with E-state index in [2.05, 4.69) is 27.9 Å². The van der Waals surface area contributed by atoms with Crippen LogP contribution in [0.3, 0.4) is 0 Å². The largest absolute Gasteiger partial charge is 1.00 e. The maximum Gasteiger partial charge on any atom is 0.168 e. The molecule has 6 nitrogen and oxygen atoms in total. The van der Waals surface area contributed by atoms with E-state index < -0.39 is 0 Å². The minimum atomic E-state index is -0.226. The van der Waals surface area contributed by atoms with Gasteiger partial charge < -0.3 is 26.6 Å². The molecule has 1 N–H and O–H groups in total. The lowest BCUT2D eigenvalue weighted by molar-refractivity contribution is -0.895. The molecule has 256 valence electrons. The van der Waals surface area contributed by atoms with E-state index in [1.807, 2.05) is 0 Å². The second-order valence-corrected chi connectivity index (χ2v) is 13.0. The summed E-state index contributed by atoms with van der Waals surface area (Å²) in [6, 6.07) is 0. The minimum absolute atomic E-state index is 0. The molecular weight excluding hydrogens is 594 g/mol. The van der Waals surface area contributed by atoms with Gasteiger partial charge in [-0.3, -0.25) is 0 Å². The third-order valence-electron chi connectivity index (χ3n) is 8.11. The van der Waals surface area contributed by atoms with E-state index in [0.29, 0.717) is 37.4 Å². The summed E-state index contributed by atoms with van der Waals surface area (Å²) in [5, 5.41) is 9.40. The fourth-order valence-electron chi connectivity index (χ4n) is 5.36. The third kappa shape index (κ3) is 34.7. The molecule has 1 atom stereocenters. The van der Waals surface area contributed by atoms with Gasteiger partial charge >= 0.3 is 0 Å². The minimum Gasteiger partial charge on any atom is -1.00 e. The first-order valence-corrected chi connectivity index (χ1v) is 18.0. The van der Waals surface area contributed by atoms with Crippen LogP contribution in [-0.4, -0.2) is 69.3 Å². The van der Waals surface area contributed by atoms with Gasteiger partial charge in [0.15, 0.2) is 6.10 Å². The molecular formula is C35H74BrNO5. The van der Waals surface area contributed by atoms with Gasteiger partial charge in [0, 0.05) is 0 Å². The van der Waals surface area contributed by atoms with Gasteiger partial charge in [0.25, 0.3) is 0 Å². The van der Waals surface area contributed by atoms with Crippen molar-refractivity contribution in [1.29, 1.82) is 0 Å². The van der Waals surface area contributed by atoms with Crippen LogP contribution in [0.4, 0.5) is 0 Å². The van der Waals surface area contributed by atoms with Crippen molar-refractivity contribution in [3.05, 3.63) is 0 Å². The molecule has 0 saturated heterocycles. The number of hydrogen-bond acceptors (Lipinski definition) is 5. The molecule has 0 bridgehead atoms. The molecule has 0 amide bonds. The Morgan fingerprint density at radius 3 is 1.24 bits per heavy atom. The molecule has 0 saturated carbocycles. The highest BCUT2D eigenvalue weighted by Gasteiger charge is 2.24. The van der Waals surface area contributed by atoms with Crippen molar-refractivity contribution in [3.8, 4) is 0 Å². The SMILES string of the molecule is CCCCCCCCCCCCCCOOCC(C[N+](C)(C)CCO)OOCCCCCCCCCCCCCC.[Br-]. The Labute approximate surface area is 273 Å². The second kappa shape index (κ2) is 35.7. The highest BCUT2D eigenvalue weighted by atomic mass is 79.9. The van der Waals surface area contributed by atoms with Crippen molar-refractivity contribution < 1.29 is 46.1 Å². The zero-order valence-electron chi connectivity index (χ0n) is 28.7. The highest BCUT2D eigenvalue weighted by molar-refractivity contribution is 4.54. The second-order valence-electron chi connectivity index (χ2n) is 13.0. The molecule has 0 heterocycles. The fourth-order valence-corrected chi connectivity index (χ4v) is 5.36. The summed E-state index contributed by atoms with van der Waals surface area (Å²) in [4.78, 5) is 22.3. The van der Waals surface area contributed by atoms with Crippen LogP contribution in [-0.2, 0) is 19.6 Å². The molecule has 0 spiro atoms. The van der Waals surface area contributed by atoms with Gasteiger partial charge in [0.05, 0.1) is 33.9 Å². The maximum absolute atomic E-state index is 9.40. The Morgan fingerprint density at radius 1 is 0.500 bits per heavy atom.